The maximum atomic E-state index is 11.0. The molecule has 0 aromatic carbocycles. The van der Waals surface area contributed by atoms with Crippen LogP contribution in [0.25, 0.3) is 0 Å². The zero-order valence-corrected chi connectivity index (χ0v) is 8.39. The molecule has 1 saturated heterocycles. The van der Waals surface area contributed by atoms with Crippen molar-refractivity contribution in [2.45, 2.75) is 18.6 Å². The van der Waals surface area contributed by atoms with Gasteiger partial charge in [-0.1, -0.05) is 6.08 Å². The van der Waals surface area contributed by atoms with Gasteiger partial charge in [-0.3, -0.25) is 4.79 Å². The molecule has 6 heteroatoms. The first-order valence-electron chi connectivity index (χ1n) is 4.64. The molecule has 0 bridgehead atoms. The van der Waals surface area contributed by atoms with E-state index in [-0.39, 0.29) is 6.10 Å². The number of nitrogens with zero attached hydrogens (tertiary/aromatic N) is 1. The van der Waals surface area contributed by atoms with E-state index >= 15 is 0 Å². The Labute approximate surface area is 87.8 Å². The summed E-state index contributed by atoms with van der Waals surface area (Å²) in [4.78, 5) is 23.3. The second kappa shape index (κ2) is 4.79. The van der Waals surface area contributed by atoms with Crippen molar-refractivity contribution in [1.82, 2.24) is 4.90 Å². The van der Waals surface area contributed by atoms with Gasteiger partial charge in [0, 0.05) is 13.0 Å². The van der Waals surface area contributed by atoms with E-state index in [1.54, 1.807) is 6.08 Å². The van der Waals surface area contributed by atoms with E-state index in [1.165, 1.54) is 4.90 Å². The molecule has 0 aromatic rings. The van der Waals surface area contributed by atoms with E-state index in [0.717, 1.165) is 0 Å². The van der Waals surface area contributed by atoms with Crippen molar-refractivity contribution < 1.29 is 14.3 Å². The largest absolute Gasteiger partial charge is 0.372 e. The molecule has 0 aliphatic carbocycles. The number of hydrogen-bond donors (Lipinski definition) is 2. The predicted octanol–water partition coefficient (Wildman–Crippen LogP) is -0.804. The average Bonchev–Trinajstić information content (AvgIpc) is 2.58. The summed E-state index contributed by atoms with van der Waals surface area (Å²) in [6.07, 6.45) is 1.80. The number of likely N-dealkylation sites (tertiary alicyclic amines) is 1. The Hall–Kier alpha value is -1.56. The highest BCUT2D eigenvalue weighted by Gasteiger charge is 2.38. The number of hydrogen-bond acceptors (Lipinski definition) is 3. The third-order valence-electron chi connectivity index (χ3n) is 2.32. The maximum absolute atomic E-state index is 11.0. The van der Waals surface area contributed by atoms with Crippen molar-refractivity contribution in [1.29, 1.82) is 0 Å². The van der Waals surface area contributed by atoms with Crippen molar-refractivity contribution in [2.24, 2.45) is 11.5 Å². The highest BCUT2D eigenvalue weighted by atomic mass is 16.5. The SMILES string of the molecule is C=CCO[C@@H]1C[C@H](C(N)=O)N(C(N)=O)C1. The average molecular weight is 213 g/mol. The van der Waals surface area contributed by atoms with E-state index < -0.39 is 18.0 Å². The van der Waals surface area contributed by atoms with Gasteiger partial charge in [0.05, 0.1) is 12.7 Å². The Morgan fingerprint density at radius 3 is 2.60 bits per heavy atom. The normalized spacial score (nSPS) is 25.2. The molecule has 1 heterocycles. The van der Waals surface area contributed by atoms with Gasteiger partial charge in [-0.25, -0.2) is 4.79 Å². The lowest BCUT2D eigenvalue weighted by atomic mass is 10.2. The summed E-state index contributed by atoms with van der Waals surface area (Å²) in [5, 5.41) is 0. The lowest BCUT2D eigenvalue weighted by Gasteiger charge is -2.18. The third kappa shape index (κ3) is 2.69. The molecule has 1 fully saturated rings. The summed E-state index contributed by atoms with van der Waals surface area (Å²) in [6.45, 7) is 4.19. The van der Waals surface area contributed by atoms with Gasteiger partial charge in [0.25, 0.3) is 0 Å². The molecule has 0 unspecified atom stereocenters. The molecule has 4 N–H and O–H groups in total. The fourth-order valence-electron chi connectivity index (χ4n) is 1.64. The Morgan fingerprint density at radius 1 is 1.53 bits per heavy atom. The molecule has 0 radical (unpaired) electrons. The van der Waals surface area contributed by atoms with E-state index in [9.17, 15) is 9.59 Å². The first kappa shape index (κ1) is 11.5. The standard InChI is InChI=1S/C9H15N3O3/c1-2-3-15-6-4-7(8(10)13)12(5-6)9(11)14/h2,6-7H,1,3-5H2,(H2,10,13)(H2,11,14)/t6-,7-/m1/s1. The number of primary amides is 2. The van der Waals surface area contributed by atoms with Gasteiger partial charge < -0.3 is 21.1 Å². The Bertz CT molecular complexity index is 258. The van der Waals surface area contributed by atoms with E-state index in [2.05, 4.69) is 6.58 Å². The fraction of sp³-hybridized carbons (Fsp3) is 0.556. The molecule has 1 aliphatic heterocycles. The van der Waals surface area contributed by atoms with Gasteiger partial charge in [0.2, 0.25) is 5.91 Å². The zero-order chi connectivity index (χ0) is 11.4. The highest BCUT2D eigenvalue weighted by molar-refractivity contribution is 5.86. The number of carbonyl (C=O) groups excluding carboxylic acids is 2. The number of urea groups is 1. The van der Waals surface area contributed by atoms with E-state index in [1.807, 2.05) is 0 Å². The molecule has 84 valence electrons. The highest BCUT2D eigenvalue weighted by Crippen LogP contribution is 2.19. The lowest BCUT2D eigenvalue weighted by Crippen LogP contribution is -2.46. The molecule has 15 heavy (non-hydrogen) atoms. The molecule has 3 amide bonds. The van der Waals surface area contributed by atoms with Crippen LogP contribution in [0, 0.1) is 0 Å². The zero-order valence-electron chi connectivity index (χ0n) is 8.39. The molecule has 0 spiro atoms. The molecular formula is C9H15N3O3. The number of ether oxygens (including phenoxy) is 1. The second-order valence-corrected chi connectivity index (χ2v) is 3.39. The minimum absolute atomic E-state index is 0.201. The number of rotatable bonds is 4. The predicted molar refractivity (Wildman–Crippen MR) is 53.8 cm³/mol. The van der Waals surface area contributed by atoms with Gasteiger partial charge in [-0.15, -0.1) is 6.58 Å². The fourth-order valence-corrected chi connectivity index (χ4v) is 1.64. The van der Waals surface area contributed by atoms with Gasteiger partial charge >= 0.3 is 6.03 Å². The summed E-state index contributed by atoms with van der Waals surface area (Å²) in [7, 11) is 0. The van der Waals surface area contributed by atoms with Gasteiger partial charge in [0.15, 0.2) is 0 Å². The molecule has 0 aromatic heterocycles. The summed E-state index contributed by atoms with van der Waals surface area (Å²) in [6, 6.07) is -1.30. The quantitative estimate of drug-likeness (QED) is 0.598. The molecule has 6 nitrogen and oxygen atoms in total. The van der Waals surface area contributed by atoms with Crippen LogP contribution in [0.3, 0.4) is 0 Å². The first-order chi connectivity index (χ1) is 7.06. The van der Waals surface area contributed by atoms with Crippen molar-refractivity contribution >= 4 is 11.9 Å². The molecular weight excluding hydrogens is 198 g/mol. The van der Waals surface area contributed by atoms with E-state index in [4.69, 9.17) is 16.2 Å². The van der Waals surface area contributed by atoms with E-state index in [0.29, 0.717) is 19.6 Å². The molecule has 1 aliphatic rings. The topological polar surface area (TPSA) is 98.7 Å². The monoisotopic (exact) mass is 213 g/mol. The minimum atomic E-state index is -0.655. The van der Waals surface area contributed by atoms with Gasteiger partial charge in [-0.05, 0) is 0 Å². The molecule has 2 atom stereocenters. The summed E-state index contributed by atoms with van der Waals surface area (Å²) >= 11 is 0. The lowest BCUT2D eigenvalue weighted by molar-refractivity contribution is -0.121. The van der Waals surface area contributed by atoms with Crippen LogP contribution in [0.5, 0.6) is 0 Å². The van der Waals surface area contributed by atoms with Crippen molar-refractivity contribution in [3.05, 3.63) is 12.7 Å². The van der Waals surface area contributed by atoms with Crippen LogP contribution in [0.4, 0.5) is 4.79 Å². The number of carbonyl (C=O) groups is 2. The van der Waals surface area contributed by atoms with Gasteiger partial charge in [0.1, 0.15) is 6.04 Å². The Balaban J connectivity index is 2.60. The van der Waals surface area contributed by atoms with Crippen LogP contribution >= 0.6 is 0 Å². The Morgan fingerprint density at radius 2 is 2.20 bits per heavy atom. The summed E-state index contributed by atoms with van der Waals surface area (Å²) in [5.74, 6) is -0.557. The van der Waals surface area contributed by atoms with Crippen LogP contribution in [0.1, 0.15) is 6.42 Å². The molecule has 1 rings (SSSR count). The van der Waals surface area contributed by atoms with Crippen LogP contribution in [0.15, 0.2) is 12.7 Å². The van der Waals surface area contributed by atoms with Crippen molar-refractivity contribution in [2.75, 3.05) is 13.2 Å². The van der Waals surface area contributed by atoms with Crippen molar-refractivity contribution in [3.63, 3.8) is 0 Å². The van der Waals surface area contributed by atoms with Crippen LogP contribution in [-0.4, -0.2) is 42.1 Å². The maximum Gasteiger partial charge on any atom is 0.315 e. The number of nitrogens with two attached hydrogens (primary N) is 2. The minimum Gasteiger partial charge on any atom is -0.372 e. The first-order valence-corrected chi connectivity index (χ1v) is 4.64. The van der Waals surface area contributed by atoms with Crippen LogP contribution in [-0.2, 0) is 9.53 Å². The second-order valence-electron chi connectivity index (χ2n) is 3.39. The van der Waals surface area contributed by atoms with Gasteiger partial charge in [-0.2, -0.15) is 0 Å². The molecule has 0 saturated carbocycles. The third-order valence-corrected chi connectivity index (χ3v) is 2.32. The smallest absolute Gasteiger partial charge is 0.315 e. The van der Waals surface area contributed by atoms with Crippen molar-refractivity contribution in [3.8, 4) is 0 Å². The Kier molecular flexibility index (Phi) is 3.68. The summed E-state index contributed by atoms with van der Waals surface area (Å²) < 4.78 is 5.34. The van der Waals surface area contributed by atoms with Crippen LogP contribution in [0.2, 0.25) is 0 Å². The van der Waals surface area contributed by atoms with Crippen LogP contribution < -0.4 is 11.5 Å². The number of amides is 3. The summed E-state index contributed by atoms with van der Waals surface area (Å²) in [5.41, 5.74) is 10.3.